The second kappa shape index (κ2) is 8.26. The minimum Gasteiger partial charge on any atom is -0.550 e. The maximum atomic E-state index is 12.4. The van der Waals surface area contributed by atoms with Crippen LogP contribution in [0.5, 0.6) is 5.75 Å². The third-order valence-electron chi connectivity index (χ3n) is 4.60. The second-order valence-corrected chi connectivity index (χ2v) is 7.51. The molecule has 4 rings (SSSR count). The fraction of sp³-hybridized carbons (Fsp3) is 0. The molecule has 0 aliphatic heterocycles. The van der Waals surface area contributed by atoms with Crippen molar-refractivity contribution in [1.29, 1.82) is 0 Å². The van der Waals surface area contributed by atoms with E-state index in [2.05, 4.69) is 4.98 Å². The number of carboxylic acid groups (broad SMARTS) is 1. The van der Waals surface area contributed by atoms with Gasteiger partial charge in [-0.15, -0.1) is 0 Å². The lowest BCUT2D eigenvalue weighted by atomic mass is 9.55. The van der Waals surface area contributed by atoms with Crippen molar-refractivity contribution in [1.82, 2.24) is 4.98 Å². The summed E-state index contributed by atoms with van der Waals surface area (Å²) in [4.78, 5) is 26.6. The van der Waals surface area contributed by atoms with E-state index in [9.17, 15) is 14.7 Å². The van der Waals surface area contributed by atoms with Crippen molar-refractivity contribution in [2.75, 3.05) is 0 Å². The molecule has 1 aromatic heterocycles. The van der Waals surface area contributed by atoms with Gasteiger partial charge in [0.1, 0.15) is 11.4 Å². The van der Waals surface area contributed by atoms with Gasteiger partial charge in [0.2, 0.25) is 0 Å². The smallest absolute Gasteiger partial charge is 0.426 e. The number of halogens is 2. The number of aromatic carboxylic acids is 1. The molecule has 0 spiro atoms. The van der Waals surface area contributed by atoms with Gasteiger partial charge in [0.25, 0.3) is 0 Å². The van der Waals surface area contributed by atoms with Gasteiger partial charge in [-0.3, -0.25) is 4.79 Å². The first-order valence-corrected chi connectivity index (χ1v) is 9.75. The van der Waals surface area contributed by atoms with Gasteiger partial charge in [-0.1, -0.05) is 53.5 Å². The second-order valence-electron chi connectivity index (χ2n) is 6.64. The van der Waals surface area contributed by atoms with E-state index < -0.39 is 18.3 Å². The van der Waals surface area contributed by atoms with Gasteiger partial charge in [0.15, 0.2) is 5.43 Å². The molecule has 0 atom stereocenters. The van der Waals surface area contributed by atoms with Gasteiger partial charge < -0.3 is 14.7 Å². The molecule has 148 valence electrons. The fourth-order valence-electron chi connectivity index (χ4n) is 3.25. The molecular weight excluding hydrogens is 424 g/mol. The van der Waals surface area contributed by atoms with Crippen molar-refractivity contribution in [3.63, 3.8) is 0 Å². The van der Waals surface area contributed by atoms with Gasteiger partial charge in [-0.05, 0) is 47.3 Å². The van der Waals surface area contributed by atoms with E-state index in [0.29, 0.717) is 26.7 Å². The number of para-hydroxylation sites is 1. The number of nitrogens with one attached hydrogen (secondary N) is 1. The Kier molecular flexibility index (Phi) is 5.53. The lowest BCUT2D eigenvalue weighted by Gasteiger charge is -2.18. The van der Waals surface area contributed by atoms with E-state index in [1.54, 1.807) is 42.5 Å². The molecule has 4 aromatic rings. The highest BCUT2D eigenvalue weighted by Gasteiger charge is 2.25. The standard InChI is InChI=1S/C22H14BCl2NO4/c24-15-6-1-4-13(10-15)23(14-5-2-7-16(25)11-14)30-20-9-3-8-17-19(27)12-18(22(28)29)26-21(17)20/h1-12H,(H,26,27)(H,28,29). The molecule has 0 fully saturated rings. The summed E-state index contributed by atoms with van der Waals surface area (Å²) in [5.41, 5.74) is 1.23. The maximum absolute atomic E-state index is 12.4. The number of H-pyrrole nitrogens is 1. The SMILES string of the molecule is O=C(O)c1cc(=O)c2cccc(OB(c3cccc(Cl)c3)c3cccc(Cl)c3)c2[nH]1. The summed E-state index contributed by atoms with van der Waals surface area (Å²) in [6, 6.07) is 20.5. The van der Waals surface area contributed by atoms with E-state index >= 15 is 0 Å². The van der Waals surface area contributed by atoms with Crippen LogP contribution in [0.15, 0.2) is 77.6 Å². The van der Waals surface area contributed by atoms with Crippen molar-refractivity contribution in [3.8, 4) is 5.75 Å². The Hall–Kier alpha value is -3.22. The highest BCUT2D eigenvalue weighted by molar-refractivity contribution is 6.80. The van der Waals surface area contributed by atoms with Crippen LogP contribution in [0.3, 0.4) is 0 Å². The number of hydrogen-bond donors (Lipinski definition) is 2. The monoisotopic (exact) mass is 437 g/mol. The van der Waals surface area contributed by atoms with Crippen LogP contribution in [-0.2, 0) is 0 Å². The Bertz CT molecular complexity index is 1280. The number of aromatic amines is 1. The van der Waals surface area contributed by atoms with E-state index in [1.165, 1.54) is 0 Å². The minimum atomic E-state index is -1.23. The summed E-state index contributed by atoms with van der Waals surface area (Å²) < 4.78 is 6.32. The van der Waals surface area contributed by atoms with Crippen LogP contribution in [0.2, 0.25) is 10.0 Å². The molecule has 5 nitrogen and oxygen atoms in total. The molecule has 8 heteroatoms. The zero-order valence-corrected chi connectivity index (χ0v) is 16.9. The summed E-state index contributed by atoms with van der Waals surface area (Å²) in [5.74, 6) is -0.900. The molecule has 0 radical (unpaired) electrons. The molecule has 0 unspecified atom stereocenters. The van der Waals surface area contributed by atoms with Crippen molar-refractivity contribution in [2.45, 2.75) is 0 Å². The van der Waals surface area contributed by atoms with Crippen LogP contribution in [0.25, 0.3) is 10.9 Å². The van der Waals surface area contributed by atoms with Crippen LogP contribution in [-0.4, -0.2) is 23.0 Å². The van der Waals surface area contributed by atoms with E-state index in [-0.39, 0.29) is 5.69 Å². The zero-order valence-electron chi connectivity index (χ0n) is 15.4. The molecule has 0 saturated carbocycles. The molecule has 0 saturated heterocycles. The average Bonchev–Trinajstić information content (AvgIpc) is 2.72. The van der Waals surface area contributed by atoms with Crippen molar-refractivity contribution < 1.29 is 14.6 Å². The Morgan fingerprint density at radius 2 is 1.50 bits per heavy atom. The quantitative estimate of drug-likeness (QED) is 0.466. The van der Waals surface area contributed by atoms with Crippen molar-refractivity contribution in [2.24, 2.45) is 0 Å². The number of pyridine rings is 1. The van der Waals surface area contributed by atoms with Crippen molar-refractivity contribution in [3.05, 3.63) is 98.8 Å². The minimum absolute atomic E-state index is 0.217. The topological polar surface area (TPSA) is 79.4 Å². The number of benzene rings is 3. The fourth-order valence-corrected chi connectivity index (χ4v) is 3.65. The van der Waals surface area contributed by atoms with E-state index in [4.69, 9.17) is 27.9 Å². The molecular formula is C22H14BCl2NO4. The highest BCUT2D eigenvalue weighted by atomic mass is 35.5. The normalized spacial score (nSPS) is 10.7. The number of fused-ring (bicyclic) bond motifs is 1. The van der Waals surface area contributed by atoms with Crippen LogP contribution < -0.4 is 21.0 Å². The molecule has 0 amide bonds. The molecule has 0 aliphatic carbocycles. The molecule has 30 heavy (non-hydrogen) atoms. The van der Waals surface area contributed by atoms with Crippen LogP contribution in [0.4, 0.5) is 0 Å². The van der Waals surface area contributed by atoms with Gasteiger partial charge in [0.05, 0.1) is 5.52 Å². The largest absolute Gasteiger partial charge is 0.550 e. The highest BCUT2D eigenvalue weighted by Crippen LogP contribution is 2.23. The molecule has 2 N–H and O–H groups in total. The molecule has 3 aromatic carbocycles. The number of rotatable bonds is 5. The number of aromatic nitrogens is 1. The van der Waals surface area contributed by atoms with Crippen LogP contribution in [0.1, 0.15) is 10.5 Å². The molecule has 1 heterocycles. The van der Waals surface area contributed by atoms with E-state index in [1.807, 2.05) is 24.3 Å². The maximum Gasteiger partial charge on any atom is 0.426 e. The number of carboxylic acids is 1. The first-order chi connectivity index (χ1) is 14.4. The molecule has 0 bridgehead atoms. The van der Waals surface area contributed by atoms with Crippen LogP contribution in [0, 0.1) is 0 Å². The number of carbonyl (C=O) groups is 1. The lowest BCUT2D eigenvalue weighted by Crippen LogP contribution is -2.47. The Labute approximate surface area is 182 Å². The lowest BCUT2D eigenvalue weighted by molar-refractivity contribution is 0.0691. The predicted molar refractivity (Wildman–Crippen MR) is 120 cm³/mol. The zero-order chi connectivity index (χ0) is 21.3. The predicted octanol–water partition coefficient (Wildman–Crippen LogP) is 3.72. The summed E-state index contributed by atoms with van der Waals surface area (Å²) in [5, 5.41) is 10.7. The average molecular weight is 438 g/mol. The Morgan fingerprint density at radius 3 is 2.07 bits per heavy atom. The van der Waals surface area contributed by atoms with Gasteiger partial charge >= 0.3 is 12.9 Å². The third-order valence-corrected chi connectivity index (χ3v) is 5.08. The van der Waals surface area contributed by atoms with Crippen molar-refractivity contribution >= 4 is 57.9 Å². The molecule has 0 aliphatic rings. The van der Waals surface area contributed by atoms with Gasteiger partial charge in [0, 0.05) is 21.5 Å². The third kappa shape index (κ3) is 4.06. The summed E-state index contributed by atoms with van der Waals surface area (Å²) in [6.45, 7) is -0.593. The first kappa shape index (κ1) is 20.1. The Balaban J connectivity index is 1.89. The first-order valence-electron chi connectivity index (χ1n) is 8.99. The van der Waals surface area contributed by atoms with Gasteiger partial charge in [-0.2, -0.15) is 0 Å². The summed E-state index contributed by atoms with van der Waals surface area (Å²) >= 11 is 12.4. The summed E-state index contributed by atoms with van der Waals surface area (Å²) in [6.07, 6.45) is 0. The van der Waals surface area contributed by atoms with Gasteiger partial charge in [-0.25, -0.2) is 4.79 Å². The Morgan fingerprint density at radius 1 is 0.900 bits per heavy atom. The van der Waals surface area contributed by atoms with E-state index in [0.717, 1.165) is 17.0 Å². The summed E-state index contributed by atoms with van der Waals surface area (Å²) in [7, 11) is 0. The number of hydrogen-bond acceptors (Lipinski definition) is 3. The van der Waals surface area contributed by atoms with Crippen LogP contribution >= 0.6 is 23.2 Å².